The van der Waals surface area contributed by atoms with Gasteiger partial charge in [0.1, 0.15) is 6.04 Å². The van der Waals surface area contributed by atoms with Crippen LogP contribution in [0, 0.1) is 10.1 Å². The van der Waals surface area contributed by atoms with Crippen LogP contribution in [0.3, 0.4) is 0 Å². The fraction of sp³-hybridized carbons (Fsp3) is 0.333. The monoisotopic (exact) mass is 298 g/mol. The van der Waals surface area contributed by atoms with Crippen molar-refractivity contribution < 1.29 is 19.6 Å². The van der Waals surface area contributed by atoms with Crippen LogP contribution in [0.15, 0.2) is 18.2 Å². The van der Waals surface area contributed by atoms with E-state index in [0.717, 1.165) is 6.07 Å². The summed E-state index contributed by atoms with van der Waals surface area (Å²) in [5, 5.41) is 19.8. The zero-order valence-corrected chi connectivity index (χ0v) is 11.0. The van der Waals surface area contributed by atoms with Crippen molar-refractivity contribution in [1.82, 2.24) is 4.90 Å². The van der Waals surface area contributed by atoms with E-state index >= 15 is 0 Å². The van der Waals surface area contributed by atoms with E-state index in [1.165, 1.54) is 17.0 Å². The summed E-state index contributed by atoms with van der Waals surface area (Å²) in [6.45, 7) is 0.300. The Balaban J connectivity index is 2.35. The van der Waals surface area contributed by atoms with Crippen LogP contribution < -0.4 is 0 Å². The van der Waals surface area contributed by atoms with Gasteiger partial charge in [-0.3, -0.25) is 14.9 Å². The van der Waals surface area contributed by atoms with Gasteiger partial charge in [-0.1, -0.05) is 11.6 Å². The quantitative estimate of drug-likeness (QED) is 0.679. The van der Waals surface area contributed by atoms with E-state index in [2.05, 4.69) is 0 Å². The number of hydrogen-bond acceptors (Lipinski definition) is 4. The summed E-state index contributed by atoms with van der Waals surface area (Å²) in [4.78, 5) is 34.7. The number of likely N-dealkylation sites (tertiary alicyclic amines) is 1. The first-order chi connectivity index (χ1) is 9.41. The third-order valence-corrected chi connectivity index (χ3v) is 3.52. The van der Waals surface area contributed by atoms with Gasteiger partial charge in [-0.05, 0) is 18.9 Å². The van der Waals surface area contributed by atoms with E-state index < -0.39 is 22.8 Å². The number of nitrogens with zero attached hydrogens (tertiary/aromatic N) is 2. The van der Waals surface area contributed by atoms with Crippen molar-refractivity contribution in [2.45, 2.75) is 18.9 Å². The van der Waals surface area contributed by atoms with Crippen molar-refractivity contribution in [3.63, 3.8) is 0 Å². The van der Waals surface area contributed by atoms with Crippen LogP contribution in [0.4, 0.5) is 5.69 Å². The second-order valence-corrected chi connectivity index (χ2v) is 4.82. The zero-order chi connectivity index (χ0) is 14.9. The number of amides is 1. The van der Waals surface area contributed by atoms with Crippen LogP contribution in [0.5, 0.6) is 0 Å². The number of carboxylic acids is 1. The van der Waals surface area contributed by atoms with Crippen molar-refractivity contribution in [1.29, 1.82) is 0 Å². The lowest BCUT2D eigenvalue weighted by Gasteiger charge is -2.21. The highest BCUT2D eigenvalue weighted by molar-refractivity contribution is 6.34. The molecule has 0 radical (unpaired) electrons. The molecule has 1 saturated heterocycles. The Bertz CT molecular complexity index is 589. The molecule has 106 valence electrons. The SMILES string of the molecule is O=C(O)[C@H]1CCCN1C(=O)c1cc([N+](=O)[O-])ccc1Cl. The van der Waals surface area contributed by atoms with Crippen LogP contribution in [-0.2, 0) is 4.79 Å². The Hall–Kier alpha value is -2.15. The number of halogens is 1. The first-order valence-corrected chi connectivity index (χ1v) is 6.27. The standard InChI is InChI=1S/C12H11ClN2O5/c13-9-4-3-7(15(19)20)6-8(9)11(16)14-5-1-2-10(14)12(17)18/h3-4,6,10H,1-2,5H2,(H,17,18)/t10-/m1/s1. The van der Waals surface area contributed by atoms with Gasteiger partial charge < -0.3 is 10.0 Å². The molecule has 0 unspecified atom stereocenters. The molecule has 1 aliphatic heterocycles. The minimum absolute atomic E-state index is 0.0472. The molecule has 0 saturated carbocycles. The second-order valence-electron chi connectivity index (χ2n) is 4.42. The Morgan fingerprint density at radius 2 is 2.15 bits per heavy atom. The number of hydrogen-bond donors (Lipinski definition) is 1. The molecule has 1 aromatic rings. The smallest absolute Gasteiger partial charge is 0.326 e. The van der Waals surface area contributed by atoms with E-state index in [9.17, 15) is 19.7 Å². The average molecular weight is 299 g/mol. The molecule has 7 nitrogen and oxygen atoms in total. The Morgan fingerprint density at radius 3 is 2.75 bits per heavy atom. The molecule has 1 aromatic carbocycles. The number of non-ortho nitro benzene ring substituents is 1. The molecular weight excluding hydrogens is 288 g/mol. The molecule has 1 aliphatic rings. The second kappa shape index (κ2) is 5.46. The molecular formula is C12H11ClN2O5. The van der Waals surface area contributed by atoms with Gasteiger partial charge in [0.25, 0.3) is 11.6 Å². The first-order valence-electron chi connectivity index (χ1n) is 5.89. The maximum atomic E-state index is 12.3. The fourth-order valence-corrected chi connectivity index (χ4v) is 2.41. The van der Waals surface area contributed by atoms with Gasteiger partial charge in [-0.25, -0.2) is 4.79 Å². The van der Waals surface area contributed by atoms with Crippen LogP contribution in [0.2, 0.25) is 5.02 Å². The fourth-order valence-electron chi connectivity index (χ4n) is 2.21. The predicted molar refractivity (Wildman–Crippen MR) is 69.8 cm³/mol. The normalized spacial score (nSPS) is 18.1. The van der Waals surface area contributed by atoms with Gasteiger partial charge in [0.05, 0.1) is 15.5 Å². The van der Waals surface area contributed by atoms with E-state index in [0.29, 0.717) is 19.4 Å². The molecule has 0 spiro atoms. The van der Waals surface area contributed by atoms with Crippen molar-refractivity contribution in [3.8, 4) is 0 Å². The Kier molecular flexibility index (Phi) is 3.89. The lowest BCUT2D eigenvalue weighted by atomic mass is 10.1. The van der Waals surface area contributed by atoms with Crippen LogP contribution in [-0.4, -0.2) is 39.4 Å². The highest BCUT2D eigenvalue weighted by Gasteiger charge is 2.35. The van der Waals surface area contributed by atoms with Gasteiger partial charge in [-0.15, -0.1) is 0 Å². The molecule has 8 heteroatoms. The van der Waals surface area contributed by atoms with Gasteiger partial charge in [0, 0.05) is 18.7 Å². The molecule has 0 aliphatic carbocycles. The van der Waals surface area contributed by atoms with Crippen LogP contribution in [0.1, 0.15) is 23.2 Å². The minimum Gasteiger partial charge on any atom is -0.480 e. The summed E-state index contributed by atoms with van der Waals surface area (Å²) in [5.74, 6) is -1.68. The number of rotatable bonds is 3. The molecule has 0 aromatic heterocycles. The van der Waals surface area contributed by atoms with Gasteiger partial charge >= 0.3 is 5.97 Å². The van der Waals surface area contributed by atoms with Crippen molar-refractivity contribution >= 4 is 29.2 Å². The summed E-state index contributed by atoms with van der Waals surface area (Å²) in [5.41, 5.74) is -0.308. The van der Waals surface area contributed by atoms with Crippen molar-refractivity contribution in [2.75, 3.05) is 6.54 Å². The lowest BCUT2D eigenvalue weighted by molar-refractivity contribution is -0.384. The van der Waals surface area contributed by atoms with E-state index in [-0.39, 0.29) is 16.3 Å². The van der Waals surface area contributed by atoms with Crippen LogP contribution in [0.25, 0.3) is 0 Å². The molecule has 20 heavy (non-hydrogen) atoms. The molecule has 2 rings (SSSR count). The van der Waals surface area contributed by atoms with Crippen molar-refractivity contribution in [2.24, 2.45) is 0 Å². The van der Waals surface area contributed by atoms with E-state index in [1.807, 2.05) is 0 Å². The van der Waals surface area contributed by atoms with Gasteiger partial charge in [-0.2, -0.15) is 0 Å². The maximum Gasteiger partial charge on any atom is 0.326 e. The molecule has 1 N–H and O–H groups in total. The Morgan fingerprint density at radius 1 is 1.45 bits per heavy atom. The number of carboxylic acid groups (broad SMARTS) is 1. The molecule has 1 atom stereocenters. The van der Waals surface area contributed by atoms with E-state index in [1.54, 1.807) is 0 Å². The number of carbonyl (C=O) groups excluding carboxylic acids is 1. The lowest BCUT2D eigenvalue weighted by Crippen LogP contribution is -2.40. The third-order valence-electron chi connectivity index (χ3n) is 3.19. The number of carbonyl (C=O) groups is 2. The largest absolute Gasteiger partial charge is 0.480 e. The minimum atomic E-state index is -1.09. The number of nitro groups is 1. The number of nitro benzene ring substituents is 1. The zero-order valence-electron chi connectivity index (χ0n) is 10.3. The Labute approximate surface area is 118 Å². The molecule has 1 fully saturated rings. The summed E-state index contributed by atoms with van der Waals surface area (Å²) < 4.78 is 0. The summed E-state index contributed by atoms with van der Waals surface area (Å²) >= 11 is 5.88. The highest BCUT2D eigenvalue weighted by atomic mass is 35.5. The average Bonchev–Trinajstić information content (AvgIpc) is 2.87. The van der Waals surface area contributed by atoms with Gasteiger partial charge in [0.15, 0.2) is 0 Å². The first kappa shape index (κ1) is 14.3. The highest BCUT2D eigenvalue weighted by Crippen LogP contribution is 2.27. The van der Waals surface area contributed by atoms with Crippen molar-refractivity contribution in [3.05, 3.63) is 38.9 Å². The predicted octanol–water partition coefficient (Wildman–Crippen LogP) is 1.94. The topological polar surface area (TPSA) is 101 Å². The van der Waals surface area contributed by atoms with Gasteiger partial charge in [0.2, 0.25) is 0 Å². The summed E-state index contributed by atoms with van der Waals surface area (Å²) in [7, 11) is 0. The third kappa shape index (κ3) is 2.57. The number of aliphatic carboxylic acids is 1. The summed E-state index contributed by atoms with van der Waals surface area (Å²) in [6.07, 6.45) is 0.947. The molecule has 1 heterocycles. The number of benzene rings is 1. The molecule has 0 bridgehead atoms. The maximum absolute atomic E-state index is 12.3. The molecule has 1 amide bonds. The summed E-state index contributed by atoms with van der Waals surface area (Å²) in [6, 6.07) is 2.62. The van der Waals surface area contributed by atoms with E-state index in [4.69, 9.17) is 16.7 Å². The van der Waals surface area contributed by atoms with Crippen LogP contribution >= 0.6 is 11.6 Å².